The van der Waals surface area contributed by atoms with Crippen LogP contribution < -0.4 is 0 Å². The van der Waals surface area contributed by atoms with Crippen molar-refractivity contribution in [3.8, 4) is 0 Å². The number of esters is 4. The number of hydrogen-bond acceptors (Lipinski definition) is 15. The van der Waals surface area contributed by atoms with Crippen molar-refractivity contribution in [2.75, 3.05) is 39.6 Å². The second-order valence-electron chi connectivity index (χ2n) is 28.5. The van der Waals surface area contributed by atoms with Crippen LogP contribution in [-0.4, -0.2) is 96.7 Å². The van der Waals surface area contributed by atoms with Crippen LogP contribution in [0.15, 0.2) is 0 Å². The van der Waals surface area contributed by atoms with Gasteiger partial charge in [-0.15, -0.1) is 0 Å². The van der Waals surface area contributed by atoms with E-state index >= 15 is 0 Å². The molecular formula is C77H150O17P2. The van der Waals surface area contributed by atoms with Gasteiger partial charge in [0.05, 0.1) is 26.4 Å². The molecule has 0 radical (unpaired) electrons. The third kappa shape index (κ3) is 69.2. The molecular weight excluding hydrogens is 1260 g/mol. The molecule has 19 heteroatoms. The van der Waals surface area contributed by atoms with Crippen LogP contribution in [0.5, 0.6) is 0 Å². The molecule has 0 rings (SSSR count). The number of phosphoric acid groups is 2. The van der Waals surface area contributed by atoms with E-state index in [1.165, 1.54) is 218 Å². The number of phosphoric ester groups is 2. The van der Waals surface area contributed by atoms with E-state index in [0.29, 0.717) is 25.7 Å². The Morgan fingerprint density at radius 1 is 0.302 bits per heavy atom. The van der Waals surface area contributed by atoms with Crippen molar-refractivity contribution in [1.29, 1.82) is 0 Å². The summed E-state index contributed by atoms with van der Waals surface area (Å²) in [4.78, 5) is 72.9. The van der Waals surface area contributed by atoms with E-state index in [0.717, 1.165) is 102 Å². The number of aliphatic hydroxyl groups excluding tert-OH is 1. The van der Waals surface area contributed by atoms with Gasteiger partial charge < -0.3 is 33.8 Å². The van der Waals surface area contributed by atoms with Gasteiger partial charge >= 0.3 is 39.5 Å². The maximum absolute atomic E-state index is 13.1. The third-order valence-electron chi connectivity index (χ3n) is 18.3. The molecule has 96 heavy (non-hydrogen) atoms. The molecule has 0 aliphatic rings. The lowest BCUT2D eigenvalue weighted by Crippen LogP contribution is -2.30. The molecule has 3 N–H and O–H groups in total. The van der Waals surface area contributed by atoms with Gasteiger partial charge in [-0.1, -0.05) is 350 Å². The zero-order chi connectivity index (χ0) is 70.7. The molecule has 0 aromatic heterocycles. The average Bonchev–Trinajstić information content (AvgIpc) is 1.31. The smallest absolute Gasteiger partial charge is 0.462 e. The molecule has 0 spiro atoms. The highest BCUT2D eigenvalue weighted by Gasteiger charge is 2.30. The summed E-state index contributed by atoms with van der Waals surface area (Å²) in [5, 5.41) is 10.6. The molecule has 0 saturated carbocycles. The average molecular weight is 1410 g/mol. The van der Waals surface area contributed by atoms with E-state index in [2.05, 4.69) is 41.5 Å². The first-order valence-electron chi connectivity index (χ1n) is 40.0. The topological polar surface area (TPSA) is 237 Å². The monoisotopic (exact) mass is 1410 g/mol. The standard InChI is InChI=1S/C77H150O17P2/c1-7-10-12-14-16-18-20-21-22-23-24-25-26-29-37-43-49-55-61-76(81)93-73(66-88-75(80)60-54-48-42-36-30-27-28-33-39-45-51-57-69(4)5)68-92-96(85,86)90-64-71(78)63-89-95(83,84)91-67-72(65-87-74(79)59-53-47-41-35-19-17-15-13-11-8-2)94-77(82)62-56-50-44-38-32-31-34-40-46-52-58-70(6)9-3/h69-73,78H,7-68H2,1-6H3,(H,83,84)(H,85,86)/t70?,71-,72+,73+/m0/s1. The maximum Gasteiger partial charge on any atom is 0.472 e. The van der Waals surface area contributed by atoms with Crippen molar-refractivity contribution in [1.82, 2.24) is 0 Å². The van der Waals surface area contributed by atoms with Crippen LogP contribution in [0.4, 0.5) is 0 Å². The van der Waals surface area contributed by atoms with Crippen LogP contribution in [0.3, 0.4) is 0 Å². The molecule has 0 saturated heterocycles. The van der Waals surface area contributed by atoms with E-state index in [4.69, 9.17) is 37.0 Å². The lowest BCUT2D eigenvalue weighted by molar-refractivity contribution is -0.161. The van der Waals surface area contributed by atoms with E-state index in [1.54, 1.807) is 0 Å². The molecule has 0 aliphatic heterocycles. The highest BCUT2D eigenvalue weighted by atomic mass is 31.2. The summed E-state index contributed by atoms with van der Waals surface area (Å²) in [6, 6.07) is 0. The predicted octanol–water partition coefficient (Wildman–Crippen LogP) is 22.7. The minimum Gasteiger partial charge on any atom is -0.462 e. The molecule has 570 valence electrons. The minimum absolute atomic E-state index is 0.106. The van der Waals surface area contributed by atoms with E-state index in [9.17, 15) is 43.2 Å². The van der Waals surface area contributed by atoms with Gasteiger partial charge in [0.15, 0.2) is 12.2 Å². The highest BCUT2D eigenvalue weighted by molar-refractivity contribution is 7.47. The van der Waals surface area contributed by atoms with Crippen LogP contribution in [0.25, 0.3) is 0 Å². The SMILES string of the molecule is CCCCCCCCCCCCCCCCCCCCC(=O)O[C@H](COC(=O)CCCCCCCCCCCCCC(C)C)COP(=O)(O)OC[C@@H](O)COP(=O)(O)OC[C@@H](COC(=O)CCCCCCCCCCCC)OC(=O)CCCCCCCCCCCCC(C)CC. The van der Waals surface area contributed by atoms with Crippen molar-refractivity contribution in [2.24, 2.45) is 11.8 Å². The Labute approximate surface area is 588 Å². The Balaban J connectivity index is 5.25. The molecule has 0 heterocycles. The van der Waals surface area contributed by atoms with Gasteiger partial charge in [-0.2, -0.15) is 0 Å². The number of carbonyl (C=O) groups excluding carboxylic acids is 4. The first kappa shape index (κ1) is 94.1. The quantitative estimate of drug-likeness (QED) is 0.0222. The van der Waals surface area contributed by atoms with Gasteiger partial charge in [-0.25, -0.2) is 9.13 Å². The summed E-state index contributed by atoms with van der Waals surface area (Å²) in [7, 11) is -9.91. The number of unbranched alkanes of at least 4 members (excludes halogenated alkanes) is 45. The lowest BCUT2D eigenvalue weighted by atomic mass is 9.99. The predicted molar refractivity (Wildman–Crippen MR) is 391 cm³/mol. The summed E-state index contributed by atoms with van der Waals surface area (Å²) >= 11 is 0. The molecule has 3 unspecified atom stereocenters. The zero-order valence-corrected chi connectivity index (χ0v) is 64.5. The molecule has 0 aliphatic carbocycles. The molecule has 0 amide bonds. The molecule has 17 nitrogen and oxygen atoms in total. The number of ether oxygens (including phenoxy) is 4. The van der Waals surface area contributed by atoms with Crippen molar-refractivity contribution in [3.63, 3.8) is 0 Å². The van der Waals surface area contributed by atoms with Gasteiger partial charge in [0.1, 0.15) is 19.3 Å². The summed E-state index contributed by atoms with van der Waals surface area (Å²) in [5.41, 5.74) is 0. The third-order valence-corrected chi connectivity index (χ3v) is 20.2. The van der Waals surface area contributed by atoms with Crippen molar-refractivity contribution in [3.05, 3.63) is 0 Å². The number of hydrogen-bond donors (Lipinski definition) is 3. The fourth-order valence-electron chi connectivity index (χ4n) is 11.8. The van der Waals surface area contributed by atoms with Crippen molar-refractivity contribution >= 4 is 39.5 Å². The van der Waals surface area contributed by atoms with Gasteiger partial charge in [0.25, 0.3) is 0 Å². The number of rotatable bonds is 76. The maximum atomic E-state index is 13.1. The second kappa shape index (κ2) is 68.8. The molecule has 0 aromatic rings. The summed E-state index contributed by atoms with van der Waals surface area (Å²) in [5.74, 6) is -0.539. The molecule has 0 fully saturated rings. The van der Waals surface area contributed by atoms with Gasteiger partial charge in [-0.05, 0) is 37.5 Å². The van der Waals surface area contributed by atoms with Crippen LogP contribution in [0, 0.1) is 11.8 Å². The first-order chi connectivity index (χ1) is 46.4. The summed E-state index contributed by atoms with van der Waals surface area (Å²) < 4.78 is 68.6. The van der Waals surface area contributed by atoms with Crippen molar-refractivity contribution in [2.45, 2.75) is 419 Å². The molecule has 6 atom stereocenters. The first-order valence-corrected chi connectivity index (χ1v) is 43.0. The number of carbonyl (C=O) groups is 4. The number of aliphatic hydroxyl groups is 1. The Morgan fingerprint density at radius 2 is 0.531 bits per heavy atom. The Hall–Kier alpha value is -1.94. The van der Waals surface area contributed by atoms with Gasteiger partial charge in [-0.3, -0.25) is 37.3 Å². The molecule has 0 aromatic carbocycles. The van der Waals surface area contributed by atoms with Crippen molar-refractivity contribution < 1.29 is 80.2 Å². The van der Waals surface area contributed by atoms with E-state index in [-0.39, 0.29) is 25.7 Å². The fraction of sp³-hybridized carbons (Fsp3) is 0.948. The Bertz CT molecular complexity index is 1860. The zero-order valence-electron chi connectivity index (χ0n) is 62.7. The Kier molecular flexibility index (Phi) is 67.4. The van der Waals surface area contributed by atoms with Crippen LogP contribution in [0.1, 0.15) is 401 Å². The fourth-order valence-corrected chi connectivity index (χ4v) is 13.4. The van der Waals surface area contributed by atoms with E-state index in [1.807, 2.05) is 0 Å². The van der Waals surface area contributed by atoms with Crippen LogP contribution in [0.2, 0.25) is 0 Å². The summed E-state index contributed by atoms with van der Waals surface area (Å²) in [6.07, 6.45) is 56.7. The normalized spacial score (nSPS) is 14.3. The van der Waals surface area contributed by atoms with Crippen LogP contribution >= 0.6 is 15.6 Å². The lowest BCUT2D eigenvalue weighted by Gasteiger charge is -2.21. The highest BCUT2D eigenvalue weighted by Crippen LogP contribution is 2.45. The van der Waals surface area contributed by atoms with Gasteiger partial charge in [0, 0.05) is 25.7 Å². The second-order valence-corrected chi connectivity index (χ2v) is 31.4. The summed E-state index contributed by atoms with van der Waals surface area (Å²) in [6.45, 7) is 9.63. The van der Waals surface area contributed by atoms with Crippen LogP contribution in [-0.2, 0) is 65.4 Å². The van der Waals surface area contributed by atoms with E-state index < -0.39 is 97.5 Å². The minimum atomic E-state index is -4.96. The van der Waals surface area contributed by atoms with Gasteiger partial charge in [0.2, 0.25) is 0 Å². The molecule has 0 bridgehead atoms. The largest absolute Gasteiger partial charge is 0.472 e. The Morgan fingerprint density at radius 3 is 0.792 bits per heavy atom.